The topological polar surface area (TPSA) is 58.4 Å². The highest BCUT2D eigenvalue weighted by atomic mass is 79.9. The third kappa shape index (κ3) is 6.21. The Hall–Kier alpha value is -3.16. The molecule has 0 atom stereocenters. The predicted molar refractivity (Wildman–Crippen MR) is 132 cm³/mol. The normalized spacial score (nSPS) is 10.8. The number of ether oxygens (including phenoxy) is 3. The molecule has 0 bridgehead atoms. The second-order valence-corrected chi connectivity index (χ2v) is 8.21. The summed E-state index contributed by atoms with van der Waals surface area (Å²) < 4.78 is 20.1. The summed E-state index contributed by atoms with van der Waals surface area (Å²) in [6.45, 7) is 4.37. The highest BCUT2D eigenvalue weighted by molar-refractivity contribution is 9.10. The second kappa shape index (κ2) is 11.6. The lowest BCUT2D eigenvalue weighted by Gasteiger charge is -2.13. The average molecular weight is 508 g/mol. The van der Waals surface area contributed by atoms with Crippen LogP contribution in [0.25, 0.3) is 16.9 Å². The summed E-state index contributed by atoms with van der Waals surface area (Å²) in [6.07, 6.45) is 6.48. The van der Waals surface area contributed by atoms with E-state index in [9.17, 15) is 0 Å². The molecular formula is C26H26BrN3O3. The van der Waals surface area contributed by atoms with E-state index in [0.717, 1.165) is 51.5 Å². The summed E-state index contributed by atoms with van der Waals surface area (Å²) in [6, 6.07) is 19.6. The minimum Gasteiger partial charge on any atom is -0.491 e. The molecule has 0 saturated carbocycles. The van der Waals surface area contributed by atoms with E-state index < -0.39 is 0 Å². The smallest absolute Gasteiger partial charge is 0.126 e. The third-order valence-corrected chi connectivity index (χ3v) is 5.51. The summed E-state index contributed by atoms with van der Waals surface area (Å²) in [5.74, 6) is 1.60. The summed E-state index contributed by atoms with van der Waals surface area (Å²) in [5, 5.41) is 4.71. The SMILES string of the molecule is CCCOCCOc1ccccc1COc1ccc(-n2cc(Br)c(-c3ccncc3)n2)cc1. The van der Waals surface area contributed by atoms with E-state index in [-0.39, 0.29) is 0 Å². The fraction of sp³-hybridized carbons (Fsp3) is 0.231. The Morgan fingerprint density at radius 1 is 0.879 bits per heavy atom. The van der Waals surface area contributed by atoms with Crippen molar-refractivity contribution < 1.29 is 14.2 Å². The molecule has 0 amide bonds. The lowest BCUT2D eigenvalue weighted by atomic mass is 10.2. The van der Waals surface area contributed by atoms with Crippen LogP contribution < -0.4 is 9.47 Å². The van der Waals surface area contributed by atoms with Crippen molar-refractivity contribution in [2.24, 2.45) is 0 Å². The number of halogens is 1. The first-order chi connectivity index (χ1) is 16.2. The molecule has 0 radical (unpaired) electrons. The fourth-order valence-corrected chi connectivity index (χ4v) is 3.77. The molecule has 2 heterocycles. The minimum absolute atomic E-state index is 0.421. The first kappa shape index (κ1) is 23.0. The standard InChI is InChI=1S/C26H26BrN3O3/c1-2-15-31-16-17-32-25-6-4-3-5-21(25)19-33-23-9-7-22(8-10-23)30-18-24(27)26(29-30)20-11-13-28-14-12-20/h3-14,18H,2,15-17,19H2,1H3. The molecule has 2 aromatic heterocycles. The van der Waals surface area contributed by atoms with Crippen LogP contribution in [0.4, 0.5) is 0 Å². The van der Waals surface area contributed by atoms with Crippen molar-refractivity contribution in [3.05, 3.63) is 89.3 Å². The van der Waals surface area contributed by atoms with Gasteiger partial charge in [0, 0.05) is 36.3 Å². The lowest BCUT2D eigenvalue weighted by molar-refractivity contribution is 0.0998. The molecule has 0 aliphatic carbocycles. The molecular weight excluding hydrogens is 482 g/mol. The molecule has 0 unspecified atom stereocenters. The number of benzene rings is 2. The van der Waals surface area contributed by atoms with Crippen LogP contribution >= 0.6 is 15.9 Å². The largest absolute Gasteiger partial charge is 0.491 e. The fourth-order valence-electron chi connectivity index (χ4n) is 3.27. The highest BCUT2D eigenvalue weighted by Crippen LogP contribution is 2.28. The highest BCUT2D eigenvalue weighted by Gasteiger charge is 2.10. The van der Waals surface area contributed by atoms with Gasteiger partial charge in [-0.3, -0.25) is 4.98 Å². The summed E-state index contributed by atoms with van der Waals surface area (Å²) >= 11 is 3.61. The Kier molecular flexibility index (Phi) is 8.11. The van der Waals surface area contributed by atoms with Crippen molar-refractivity contribution in [2.45, 2.75) is 20.0 Å². The number of hydrogen-bond donors (Lipinski definition) is 0. The molecule has 0 fully saturated rings. The van der Waals surface area contributed by atoms with Crippen molar-refractivity contribution in [3.63, 3.8) is 0 Å². The molecule has 4 rings (SSSR count). The van der Waals surface area contributed by atoms with Gasteiger partial charge in [-0.2, -0.15) is 5.10 Å². The van der Waals surface area contributed by atoms with E-state index in [4.69, 9.17) is 19.3 Å². The Labute approximate surface area is 202 Å². The number of nitrogens with zero attached hydrogens (tertiary/aromatic N) is 3. The van der Waals surface area contributed by atoms with Crippen LogP contribution in [0.15, 0.2) is 83.7 Å². The Morgan fingerprint density at radius 2 is 1.67 bits per heavy atom. The number of hydrogen-bond acceptors (Lipinski definition) is 5. The van der Waals surface area contributed by atoms with Crippen molar-refractivity contribution in [2.75, 3.05) is 19.8 Å². The van der Waals surface area contributed by atoms with Gasteiger partial charge in [-0.1, -0.05) is 25.1 Å². The van der Waals surface area contributed by atoms with Crippen LogP contribution in [-0.4, -0.2) is 34.6 Å². The Morgan fingerprint density at radius 3 is 2.45 bits per heavy atom. The molecule has 0 N–H and O–H groups in total. The van der Waals surface area contributed by atoms with Gasteiger partial charge in [-0.05, 0) is 64.8 Å². The number of para-hydroxylation sites is 1. The zero-order valence-corrected chi connectivity index (χ0v) is 20.1. The van der Waals surface area contributed by atoms with Gasteiger partial charge in [0.05, 0.1) is 16.8 Å². The van der Waals surface area contributed by atoms with Crippen LogP contribution in [-0.2, 0) is 11.3 Å². The van der Waals surface area contributed by atoms with Crippen LogP contribution in [0.2, 0.25) is 0 Å². The van der Waals surface area contributed by atoms with Gasteiger partial charge in [0.25, 0.3) is 0 Å². The molecule has 33 heavy (non-hydrogen) atoms. The maximum Gasteiger partial charge on any atom is 0.126 e. The van der Waals surface area contributed by atoms with E-state index >= 15 is 0 Å². The molecule has 2 aromatic carbocycles. The Balaban J connectivity index is 1.37. The third-order valence-electron chi connectivity index (χ3n) is 4.93. The summed E-state index contributed by atoms with van der Waals surface area (Å²) in [5.41, 5.74) is 3.82. The minimum atomic E-state index is 0.421. The molecule has 0 spiro atoms. The molecule has 0 aliphatic rings. The van der Waals surface area contributed by atoms with Gasteiger partial charge in [-0.15, -0.1) is 0 Å². The van der Waals surface area contributed by atoms with Crippen LogP contribution in [0.5, 0.6) is 11.5 Å². The predicted octanol–water partition coefficient (Wildman–Crippen LogP) is 6.08. The van der Waals surface area contributed by atoms with Crippen LogP contribution in [0.3, 0.4) is 0 Å². The summed E-state index contributed by atoms with van der Waals surface area (Å²) in [7, 11) is 0. The zero-order valence-electron chi connectivity index (χ0n) is 18.5. The maximum absolute atomic E-state index is 6.01. The molecule has 6 nitrogen and oxygen atoms in total. The van der Waals surface area contributed by atoms with Crippen molar-refractivity contribution in [3.8, 4) is 28.4 Å². The maximum atomic E-state index is 6.01. The van der Waals surface area contributed by atoms with Crippen molar-refractivity contribution in [1.82, 2.24) is 14.8 Å². The van der Waals surface area contributed by atoms with Gasteiger partial charge in [0.15, 0.2) is 0 Å². The molecule has 0 saturated heterocycles. The molecule has 170 valence electrons. The second-order valence-electron chi connectivity index (χ2n) is 7.36. The lowest BCUT2D eigenvalue weighted by Crippen LogP contribution is -2.09. The van der Waals surface area contributed by atoms with Crippen molar-refractivity contribution >= 4 is 15.9 Å². The zero-order chi connectivity index (χ0) is 22.9. The van der Waals surface area contributed by atoms with Crippen molar-refractivity contribution in [1.29, 1.82) is 0 Å². The first-order valence-electron chi connectivity index (χ1n) is 10.9. The van der Waals surface area contributed by atoms with Gasteiger partial charge < -0.3 is 14.2 Å². The quantitative estimate of drug-likeness (QED) is 0.230. The Bertz CT molecular complexity index is 1150. The van der Waals surface area contributed by atoms with Gasteiger partial charge in [0.2, 0.25) is 0 Å². The van der Waals surface area contributed by atoms with E-state index in [2.05, 4.69) is 27.8 Å². The van der Waals surface area contributed by atoms with Gasteiger partial charge in [0.1, 0.15) is 30.4 Å². The number of aromatic nitrogens is 3. The van der Waals surface area contributed by atoms with E-state index in [1.54, 1.807) is 12.4 Å². The monoisotopic (exact) mass is 507 g/mol. The molecule has 0 aliphatic heterocycles. The van der Waals surface area contributed by atoms with Gasteiger partial charge >= 0.3 is 0 Å². The average Bonchev–Trinajstić information content (AvgIpc) is 3.25. The number of pyridine rings is 1. The first-order valence-corrected chi connectivity index (χ1v) is 11.7. The molecule has 4 aromatic rings. The van der Waals surface area contributed by atoms with E-state index in [1.165, 1.54) is 0 Å². The number of rotatable bonds is 11. The van der Waals surface area contributed by atoms with E-state index in [0.29, 0.717) is 19.8 Å². The van der Waals surface area contributed by atoms with Gasteiger partial charge in [-0.25, -0.2) is 4.68 Å². The van der Waals surface area contributed by atoms with E-state index in [1.807, 2.05) is 71.5 Å². The van der Waals surface area contributed by atoms with Crippen LogP contribution in [0, 0.1) is 0 Å². The molecule has 7 heteroatoms. The van der Waals surface area contributed by atoms with Crippen LogP contribution in [0.1, 0.15) is 18.9 Å². The summed E-state index contributed by atoms with van der Waals surface area (Å²) in [4.78, 5) is 4.07.